The first-order valence-electron chi connectivity index (χ1n) is 9.86. The van der Waals surface area contributed by atoms with Gasteiger partial charge in [0, 0.05) is 23.5 Å². The van der Waals surface area contributed by atoms with Gasteiger partial charge in [-0.2, -0.15) is 0 Å². The molecule has 1 aliphatic heterocycles. The number of para-hydroxylation sites is 1. The molecule has 3 aromatic rings. The fourth-order valence-electron chi connectivity index (χ4n) is 3.58. The number of benzene rings is 2. The summed E-state index contributed by atoms with van der Waals surface area (Å²) in [6.07, 6.45) is 0.758. The Balaban J connectivity index is 1.56. The lowest BCUT2D eigenvalue weighted by molar-refractivity contribution is 0.1000. The van der Waals surface area contributed by atoms with Gasteiger partial charge in [-0.1, -0.05) is 31.2 Å². The molecule has 7 heteroatoms. The van der Waals surface area contributed by atoms with Crippen LogP contribution in [0.4, 0.5) is 5.00 Å². The van der Waals surface area contributed by atoms with E-state index in [-0.39, 0.29) is 5.91 Å². The highest BCUT2D eigenvalue weighted by molar-refractivity contribution is 7.17. The van der Waals surface area contributed by atoms with Crippen molar-refractivity contribution >= 4 is 28.2 Å². The molecule has 30 heavy (non-hydrogen) atoms. The summed E-state index contributed by atoms with van der Waals surface area (Å²) in [5.74, 6) is 0.446. The van der Waals surface area contributed by atoms with Crippen molar-refractivity contribution in [3.8, 4) is 11.5 Å². The van der Waals surface area contributed by atoms with E-state index in [1.54, 1.807) is 24.3 Å². The van der Waals surface area contributed by atoms with E-state index in [0.717, 1.165) is 36.5 Å². The molecular weight excluding hydrogens is 398 g/mol. The number of carbonyl (C=O) groups excluding carboxylic acids is 2. The summed E-state index contributed by atoms with van der Waals surface area (Å²) in [7, 11) is 0. The molecule has 0 atom stereocenters. The molecule has 0 fully saturated rings. The molecule has 0 saturated carbocycles. The van der Waals surface area contributed by atoms with Crippen LogP contribution in [0, 0.1) is 0 Å². The highest BCUT2D eigenvalue weighted by Gasteiger charge is 2.27. The van der Waals surface area contributed by atoms with E-state index in [0.29, 0.717) is 27.6 Å². The zero-order valence-corrected chi connectivity index (χ0v) is 17.5. The van der Waals surface area contributed by atoms with Crippen molar-refractivity contribution in [3.05, 3.63) is 76.2 Å². The first-order valence-corrected chi connectivity index (χ1v) is 10.7. The van der Waals surface area contributed by atoms with Gasteiger partial charge < -0.3 is 15.8 Å². The van der Waals surface area contributed by atoms with Gasteiger partial charge in [0.15, 0.2) is 0 Å². The predicted molar refractivity (Wildman–Crippen MR) is 118 cm³/mol. The molecule has 0 bridgehead atoms. The maximum atomic E-state index is 12.9. The molecule has 1 aliphatic rings. The average Bonchev–Trinajstić information content (AvgIpc) is 3.11. The number of likely N-dealkylation sites (N-methyl/N-ethyl adjacent to an activating group) is 1. The number of thiophene rings is 1. The summed E-state index contributed by atoms with van der Waals surface area (Å²) in [4.78, 5) is 28.4. The SMILES string of the molecule is CCN1CCc2c(sc(NC(=O)c3cccc(Oc4ccccc4)c3)c2C(N)=O)C1. The number of hydrogen-bond donors (Lipinski definition) is 2. The summed E-state index contributed by atoms with van der Waals surface area (Å²) in [5, 5.41) is 3.41. The normalized spacial score (nSPS) is 13.5. The topological polar surface area (TPSA) is 84.7 Å². The zero-order valence-electron chi connectivity index (χ0n) is 16.7. The Hall–Kier alpha value is -3.16. The minimum absolute atomic E-state index is 0.304. The summed E-state index contributed by atoms with van der Waals surface area (Å²) < 4.78 is 5.81. The fraction of sp³-hybridized carbons (Fsp3) is 0.217. The standard InChI is InChI=1S/C23H23N3O3S/c1-2-26-12-11-18-19(14-26)30-23(20(18)21(24)27)25-22(28)15-7-6-10-17(13-15)29-16-8-4-3-5-9-16/h3-10,13H,2,11-12,14H2,1H3,(H2,24,27)(H,25,28). The van der Waals surface area contributed by atoms with Crippen LogP contribution in [0.25, 0.3) is 0 Å². The molecule has 6 nitrogen and oxygen atoms in total. The Kier molecular flexibility index (Phi) is 5.83. The molecule has 2 amide bonds. The zero-order chi connectivity index (χ0) is 21.1. The van der Waals surface area contributed by atoms with E-state index in [1.807, 2.05) is 30.3 Å². The van der Waals surface area contributed by atoms with Crippen LogP contribution in [-0.2, 0) is 13.0 Å². The maximum Gasteiger partial charge on any atom is 0.256 e. The molecule has 0 aliphatic carbocycles. The summed E-state index contributed by atoms with van der Waals surface area (Å²) in [5.41, 5.74) is 7.51. The molecule has 0 radical (unpaired) electrons. The molecule has 0 spiro atoms. The number of primary amides is 1. The number of nitrogens with one attached hydrogen (secondary N) is 1. The minimum atomic E-state index is -0.506. The van der Waals surface area contributed by atoms with Crippen molar-refractivity contribution in [2.75, 3.05) is 18.4 Å². The van der Waals surface area contributed by atoms with Gasteiger partial charge in [-0.3, -0.25) is 14.5 Å². The monoisotopic (exact) mass is 421 g/mol. The third kappa shape index (κ3) is 4.22. The van der Waals surface area contributed by atoms with Crippen molar-refractivity contribution in [1.29, 1.82) is 0 Å². The van der Waals surface area contributed by atoms with Crippen LogP contribution in [-0.4, -0.2) is 29.8 Å². The Morgan fingerprint density at radius 3 is 2.63 bits per heavy atom. The molecular formula is C23H23N3O3S. The lowest BCUT2D eigenvalue weighted by Gasteiger charge is -2.25. The largest absolute Gasteiger partial charge is 0.457 e. The number of anilines is 1. The van der Waals surface area contributed by atoms with E-state index in [4.69, 9.17) is 10.5 Å². The van der Waals surface area contributed by atoms with Crippen molar-refractivity contribution < 1.29 is 14.3 Å². The predicted octanol–water partition coefficient (Wildman–Crippen LogP) is 4.27. The van der Waals surface area contributed by atoms with Crippen LogP contribution >= 0.6 is 11.3 Å². The second-order valence-corrected chi connectivity index (χ2v) is 8.19. The third-order valence-electron chi connectivity index (χ3n) is 5.13. The summed E-state index contributed by atoms with van der Waals surface area (Å²) in [6, 6.07) is 16.3. The van der Waals surface area contributed by atoms with Gasteiger partial charge in [0.2, 0.25) is 0 Å². The number of nitrogens with zero attached hydrogens (tertiary/aromatic N) is 1. The lowest BCUT2D eigenvalue weighted by atomic mass is 10.0. The summed E-state index contributed by atoms with van der Waals surface area (Å²) in [6.45, 7) is 4.71. The quantitative estimate of drug-likeness (QED) is 0.623. The Bertz CT molecular complexity index is 1080. The van der Waals surface area contributed by atoms with Gasteiger partial charge in [0.1, 0.15) is 16.5 Å². The molecule has 2 heterocycles. The van der Waals surface area contributed by atoms with Crippen LogP contribution in [0.2, 0.25) is 0 Å². The van der Waals surface area contributed by atoms with E-state index in [9.17, 15) is 9.59 Å². The van der Waals surface area contributed by atoms with Gasteiger partial charge in [-0.25, -0.2) is 0 Å². The van der Waals surface area contributed by atoms with E-state index >= 15 is 0 Å². The molecule has 154 valence electrons. The molecule has 4 rings (SSSR count). The second-order valence-electron chi connectivity index (χ2n) is 7.09. The number of amides is 2. The number of carbonyl (C=O) groups is 2. The first-order chi connectivity index (χ1) is 14.5. The van der Waals surface area contributed by atoms with Gasteiger partial charge in [0.25, 0.3) is 11.8 Å². The molecule has 0 unspecified atom stereocenters. The minimum Gasteiger partial charge on any atom is -0.457 e. The van der Waals surface area contributed by atoms with Crippen molar-refractivity contribution in [2.45, 2.75) is 19.9 Å². The van der Waals surface area contributed by atoms with Crippen molar-refractivity contribution in [1.82, 2.24) is 4.90 Å². The highest BCUT2D eigenvalue weighted by Crippen LogP contribution is 2.37. The van der Waals surface area contributed by atoms with E-state index < -0.39 is 5.91 Å². The highest BCUT2D eigenvalue weighted by atomic mass is 32.1. The fourth-order valence-corrected chi connectivity index (χ4v) is 4.87. The van der Waals surface area contributed by atoms with Crippen LogP contribution < -0.4 is 15.8 Å². The van der Waals surface area contributed by atoms with Crippen molar-refractivity contribution in [2.24, 2.45) is 5.73 Å². The molecule has 1 aromatic heterocycles. The van der Waals surface area contributed by atoms with Crippen LogP contribution in [0.15, 0.2) is 54.6 Å². The maximum absolute atomic E-state index is 12.9. The van der Waals surface area contributed by atoms with Gasteiger partial charge in [-0.05, 0) is 48.9 Å². The Morgan fingerprint density at radius 1 is 1.13 bits per heavy atom. The number of ether oxygens (including phenoxy) is 1. The summed E-state index contributed by atoms with van der Waals surface area (Å²) >= 11 is 1.43. The molecule has 0 saturated heterocycles. The first kappa shape index (κ1) is 20.1. The smallest absolute Gasteiger partial charge is 0.256 e. The average molecular weight is 422 g/mol. The van der Waals surface area contributed by atoms with Gasteiger partial charge >= 0.3 is 0 Å². The van der Waals surface area contributed by atoms with Crippen molar-refractivity contribution in [3.63, 3.8) is 0 Å². The molecule has 3 N–H and O–H groups in total. The second kappa shape index (κ2) is 8.69. The number of fused-ring (bicyclic) bond motifs is 1. The third-order valence-corrected chi connectivity index (χ3v) is 6.26. The van der Waals surface area contributed by atoms with Gasteiger partial charge in [0.05, 0.1) is 5.56 Å². The Morgan fingerprint density at radius 2 is 1.90 bits per heavy atom. The number of hydrogen-bond acceptors (Lipinski definition) is 5. The Labute approximate surface area is 179 Å². The number of rotatable bonds is 6. The lowest BCUT2D eigenvalue weighted by Crippen LogP contribution is -2.30. The van der Waals surface area contributed by atoms with E-state index in [2.05, 4.69) is 17.1 Å². The molecule has 2 aromatic carbocycles. The van der Waals surface area contributed by atoms with E-state index in [1.165, 1.54) is 11.3 Å². The van der Waals surface area contributed by atoms with Crippen LogP contribution in [0.5, 0.6) is 11.5 Å². The van der Waals surface area contributed by atoms with Gasteiger partial charge in [-0.15, -0.1) is 11.3 Å². The van der Waals surface area contributed by atoms with Crippen LogP contribution in [0.3, 0.4) is 0 Å². The van der Waals surface area contributed by atoms with Crippen LogP contribution in [0.1, 0.15) is 38.1 Å². The number of nitrogens with two attached hydrogens (primary N) is 1.